The molecule has 0 radical (unpaired) electrons. The molecule has 6 aliphatic rings. The number of benzene rings is 1. The zero-order valence-electron chi connectivity index (χ0n) is 27.0. The van der Waals surface area contributed by atoms with Gasteiger partial charge in [0.05, 0.1) is 24.4 Å². The molecular weight excluding hydrogens is 582 g/mol. The summed E-state index contributed by atoms with van der Waals surface area (Å²) in [5.41, 5.74) is -3.92. The minimum Gasteiger partial charge on any atom is -0.455 e. The van der Waals surface area contributed by atoms with E-state index in [0.717, 1.165) is 19.4 Å². The van der Waals surface area contributed by atoms with Gasteiger partial charge in [0.1, 0.15) is 23.9 Å². The molecule has 1 spiro atoms. The Hall–Kier alpha value is -2.12. The summed E-state index contributed by atoms with van der Waals surface area (Å²) >= 11 is 0. The Morgan fingerprint density at radius 3 is 2.36 bits per heavy atom. The van der Waals surface area contributed by atoms with Crippen LogP contribution >= 0.6 is 0 Å². The molecule has 1 saturated heterocycles. The first kappa shape index (κ1) is 31.5. The van der Waals surface area contributed by atoms with Gasteiger partial charge in [-0.15, -0.1) is 0 Å². The molecule has 2 N–H and O–H groups in total. The number of ether oxygens (including phenoxy) is 6. The van der Waals surface area contributed by atoms with Crippen molar-refractivity contribution >= 4 is 11.9 Å². The van der Waals surface area contributed by atoms with Gasteiger partial charge in [0.15, 0.2) is 5.60 Å². The van der Waals surface area contributed by atoms with Crippen LogP contribution in [0.1, 0.15) is 43.5 Å². The van der Waals surface area contributed by atoms with Crippen molar-refractivity contribution in [3.8, 4) is 0 Å². The van der Waals surface area contributed by atoms with E-state index in [4.69, 9.17) is 28.4 Å². The van der Waals surface area contributed by atoms with E-state index >= 15 is 0 Å². The molecule has 7 bridgehead atoms. The molecule has 0 amide bonds. The normalized spacial score (nSPS) is 49.1. The van der Waals surface area contributed by atoms with E-state index in [1.54, 1.807) is 45.6 Å². The molecule has 11 heteroatoms. The largest absolute Gasteiger partial charge is 0.455 e. The number of esters is 2. The molecule has 5 saturated carbocycles. The topological polar surface area (TPSA) is 133 Å². The van der Waals surface area contributed by atoms with Crippen LogP contribution in [-0.2, 0) is 33.2 Å². The predicted octanol–water partition coefficient (Wildman–Crippen LogP) is 1.68. The molecule has 248 valence electrons. The Bertz CT molecular complexity index is 1330. The van der Waals surface area contributed by atoms with Crippen molar-refractivity contribution in [3.63, 3.8) is 0 Å². The van der Waals surface area contributed by atoms with Gasteiger partial charge in [0.25, 0.3) is 0 Å². The SMILES string of the molecule is CCN1C[C@]2(COC)CC[C@H](OC)C34C1C([C@H](OC)[C@@H]32)[C@]1(OC(C)=O)[C@H]2[C@@H](OC(=O)c3ccccc3)[C@@](O)(C[C@@H]24)[C@@H](OC)[C@@H]1O. The number of aliphatic hydroxyl groups is 2. The second-order valence-electron chi connectivity index (χ2n) is 14.3. The first-order valence-electron chi connectivity index (χ1n) is 16.2. The third-order valence-corrected chi connectivity index (χ3v) is 13.0. The minimum atomic E-state index is -1.76. The third kappa shape index (κ3) is 3.66. The zero-order chi connectivity index (χ0) is 32.1. The summed E-state index contributed by atoms with van der Waals surface area (Å²) < 4.78 is 37.7. The highest BCUT2D eigenvalue weighted by atomic mass is 16.6. The van der Waals surface area contributed by atoms with Crippen LogP contribution in [0.3, 0.4) is 0 Å². The number of piperidine rings is 1. The summed E-state index contributed by atoms with van der Waals surface area (Å²) in [5, 5.41) is 25.3. The van der Waals surface area contributed by atoms with Gasteiger partial charge in [-0.3, -0.25) is 9.69 Å². The lowest BCUT2D eigenvalue weighted by atomic mass is 9.43. The maximum absolute atomic E-state index is 13.7. The molecule has 6 fully saturated rings. The molecule has 5 aliphatic carbocycles. The zero-order valence-corrected chi connectivity index (χ0v) is 27.0. The Morgan fingerprint density at radius 1 is 1.02 bits per heavy atom. The molecule has 7 rings (SSSR count). The highest BCUT2D eigenvalue weighted by Crippen LogP contribution is 2.80. The number of carbonyl (C=O) groups is 2. The van der Waals surface area contributed by atoms with Crippen LogP contribution in [0.4, 0.5) is 0 Å². The molecule has 0 aromatic heterocycles. The van der Waals surface area contributed by atoms with Crippen LogP contribution < -0.4 is 0 Å². The van der Waals surface area contributed by atoms with Gasteiger partial charge in [-0.1, -0.05) is 25.1 Å². The van der Waals surface area contributed by atoms with Crippen molar-refractivity contribution < 1.29 is 48.2 Å². The third-order valence-electron chi connectivity index (χ3n) is 13.0. The summed E-state index contributed by atoms with van der Waals surface area (Å²) in [6.07, 6.45) is -2.64. The molecule has 3 unspecified atom stereocenters. The van der Waals surface area contributed by atoms with Gasteiger partial charge in [-0.2, -0.15) is 0 Å². The van der Waals surface area contributed by atoms with Crippen LogP contribution in [0.15, 0.2) is 30.3 Å². The molecule has 45 heavy (non-hydrogen) atoms. The average Bonchev–Trinajstić information content (AvgIpc) is 3.40. The van der Waals surface area contributed by atoms with E-state index in [2.05, 4.69) is 11.8 Å². The first-order chi connectivity index (χ1) is 21.6. The van der Waals surface area contributed by atoms with Crippen LogP contribution in [0.5, 0.6) is 0 Å². The molecule has 11 nitrogen and oxygen atoms in total. The molecular formula is C34H47NO10. The number of hydrogen-bond acceptors (Lipinski definition) is 11. The fourth-order valence-corrected chi connectivity index (χ4v) is 12.4. The molecule has 1 heterocycles. The van der Waals surface area contributed by atoms with Gasteiger partial charge in [0, 0.05) is 76.5 Å². The number of carbonyl (C=O) groups excluding carboxylic acids is 2. The molecule has 14 atom stereocenters. The monoisotopic (exact) mass is 629 g/mol. The Morgan fingerprint density at radius 2 is 1.76 bits per heavy atom. The fourth-order valence-electron chi connectivity index (χ4n) is 12.4. The Labute approximate surface area is 264 Å². The van der Waals surface area contributed by atoms with Crippen LogP contribution in [0.2, 0.25) is 0 Å². The van der Waals surface area contributed by atoms with E-state index in [0.29, 0.717) is 18.7 Å². The smallest absolute Gasteiger partial charge is 0.338 e. The Balaban J connectivity index is 1.52. The standard InChI is InChI=1S/C34H47NO10/c1-7-35-16-31(17-40-3)14-13-21(41-4)33-20-15-32(39)28(44-30(38)19-11-9-8-10-12-19)22(20)34(45-18(2)36,27(37)29(32)43-6)23(26(33)35)24(42-5)25(31)33/h8-12,20-29,37,39H,7,13-17H2,1-6H3/t20-,21-,22+,23?,24-,25+,26?,27-,28+,29-,31-,32-,33?,34+/m0/s1. The number of fused-ring (bicyclic) bond motifs is 2. The van der Waals surface area contributed by atoms with Crippen molar-refractivity contribution in [2.75, 3.05) is 48.1 Å². The van der Waals surface area contributed by atoms with Crippen LogP contribution in [0, 0.1) is 34.5 Å². The van der Waals surface area contributed by atoms with Crippen molar-refractivity contribution in [1.82, 2.24) is 4.90 Å². The first-order valence-corrected chi connectivity index (χ1v) is 16.2. The number of hydrogen-bond donors (Lipinski definition) is 2. The highest BCUT2D eigenvalue weighted by Gasteiger charge is 2.91. The highest BCUT2D eigenvalue weighted by molar-refractivity contribution is 5.89. The quantitative estimate of drug-likeness (QED) is 0.387. The number of nitrogens with zero attached hydrogens (tertiary/aromatic N) is 1. The van der Waals surface area contributed by atoms with Gasteiger partial charge in [-0.05, 0) is 43.9 Å². The summed E-state index contributed by atoms with van der Waals surface area (Å²) in [5.74, 6) is -2.95. The maximum atomic E-state index is 13.7. The lowest BCUT2D eigenvalue weighted by molar-refractivity contribution is -0.317. The van der Waals surface area contributed by atoms with E-state index < -0.39 is 64.8 Å². The van der Waals surface area contributed by atoms with Crippen LogP contribution in [0.25, 0.3) is 0 Å². The predicted molar refractivity (Wildman–Crippen MR) is 159 cm³/mol. The summed E-state index contributed by atoms with van der Waals surface area (Å²) in [6, 6.07) is 8.42. The molecule has 1 aliphatic heterocycles. The van der Waals surface area contributed by atoms with Gasteiger partial charge in [-0.25, -0.2) is 4.79 Å². The number of methoxy groups -OCH3 is 4. The van der Waals surface area contributed by atoms with Crippen molar-refractivity contribution in [1.29, 1.82) is 0 Å². The number of rotatable bonds is 9. The average molecular weight is 630 g/mol. The van der Waals surface area contributed by atoms with E-state index in [1.165, 1.54) is 14.0 Å². The number of aliphatic hydroxyl groups excluding tert-OH is 1. The van der Waals surface area contributed by atoms with E-state index in [-0.39, 0.29) is 35.8 Å². The summed E-state index contributed by atoms with van der Waals surface area (Å²) in [4.78, 5) is 29.4. The van der Waals surface area contributed by atoms with Crippen LogP contribution in [-0.4, -0.2) is 123 Å². The van der Waals surface area contributed by atoms with Gasteiger partial charge in [0.2, 0.25) is 0 Å². The molecule has 1 aromatic rings. The van der Waals surface area contributed by atoms with Crippen molar-refractivity contribution in [2.24, 2.45) is 34.5 Å². The Kier molecular flexibility index (Phi) is 7.48. The van der Waals surface area contributed by atoms with Gasteiger partial charge < -0.3 is 38.6 Å². The molecule has 1 aromatic carbocycles. The van der Waals surface area contributed by atoms with E-state index in [1.807, 2.05) is 6.07 Å². The van der Waals surface area contributed by atoms with Crippen molar-refractivity contribution in [3.05, 3.63) is 35.9 Å². The fraction of sp³-hybridized carbons (Fsp3) is 0.765. The van der Waals surface area contributed by atoms with Crippen molar-refractivity contribution in [2.45, 2.75) is 80.9 Å². The second kappa shape index (κ2) is 10.7. The van der Waals surface area contributed by atoms with E-state index in [9.17, 15) is 19.8 Å². The maximum Gasteiger partial charge on any atom is 0.338 e. The summed E-state index contributed by atoms with van der Waals surface area (Å²) in [7, 11) is 6.59. The lowest BCUT2D eigenvalue weighted by Crippen LogP contribution is -2.80. The lowest BCUT2D eigenvalue weighted by Gasteiger charge is -2.69. The second-order valence-corrected chi connectivity index (χ2v) is 14.3. The summed E-state index contributed by atoms with van der Waals surface area (Å²) in [6.45, 7) is 5.44. The number of likely N-dealkylation sites (tertiary alicyclic amines) is 1. The minimum absolute atomic E-state index is 0.101. The van der Waals surface area contributed by atoms with Gasteiger partial charge >= 0.3 is 11.9 Å².